The van der Waals surface area contributed by atoms with Gasteiger partial charge in [0.05, 0.1) is 6.10 Å². The Hall–Kier alpha value is -1.16. The van der Waals surface area contributed by atoms with Crippen LogP contribution in [0.1, 0.15) is 37.7 Å². The number of hydrogen-bond acceptors (Lipinski definition) is 2. The molecule has 0 unspecified atom stereocenters. The van der Waals surface area contributed by atoms with Crippen LogP contribution < -0.4 is 10.5 Å². The van der Waals surface area contributed by atoms with Gasteiger partial charge >= 0.3 is 0 Å². The number of nitrogens with two attached hydrogens (primary N) is 1. The molecule has 1 fully saturated rings. The van der Waals surface area contributed by atoms with E-state index in [1.165, 1.54) is 18.6 Å². The van der Waals surface area contributed by atoms with Gasteiger partial charge in [0.1, 0.15) is 0 Å². The van der Waals surface area contributed by atoms with Gasteiger partial charge < -0.3 is 10.5 Å². The summed E-state index contributed by atoms with van der Waals surface area (Å²) in [6, 6.07) is 2.63. The molecule has 4 heteroatoms. The highest BCUT2D eigenvalue weighted by atomic mass is 19.1. The lowest BCUT2D eigenvalue weighted by Gasteiger charge is -2.23. The van der Waals surface area contributed by atoms with Gasteiger partial charge in [-0.3, -0.25) is 0 Å². The first kappa shape index (κ1) is 13.3. The van der Waals surface area contributed by atoms with Crippen LogP contribution in [0.15, 0.2) is 12.1 Å². The van der Waals surface area contributed by atoms with Crippen LogP contribution in [0.4, 0.5) is 8.78 Å². The molecule has 100 valence electrons. The van der Waals surface area contributed by atoms with Crippen LogP contribution in [0.5, 0.6) is 5.75 Å². The first-order valence-electron chi connectivity index (χ1n) is 6.55. The maximum absolute atomic E-state index is 13.8. The molecular weight excluding hydrogens is 236 g/mol. The second-order valence-electron chi connectivity index (χ2n) is 4.81. The fourth-order valence-corrected chi connectivity index (χ4v) is 2.39. The molecule has 1 aromatic carbocycles. The molecule has 0 saturated heterocycles. The summed E-state index contributed by atoms with van der Waals surface area (Å²) in [6.45, 7) is 0.377. The quantitative estimate of drug-likeness (QED) is 0.896. The first-order valence-corrected chi connectivity index (χ1v) is 6.55. The molecule has 0 spiro atoms. The minimum atomic E-state index is -0.621. The lowest BCUT2D eigenvalue weighted by atomic mass is 9.98. The Morgan fingerprint density at radius 2 is 1.72 bits per heavy atom. The van der Waals surface area contributed by atoms with Crippen LogP contribution in [-0.4, -0.2) is 12.6 Å². The number of benzene rings is 1. The Kier molecular flexibility index (Phi) is 4.53. The van der Waals surface area contributed by atoms with E-state index < -0.39 is 11.6 Å². The highest BCUT2D eigenvalue weighted by molar-refractivity contribution is 5.31. The minimum absolute atomic E-state index is 0.0527. The van der Waals surface area contributed by atoms with E-state index in [1.54, 1.807) is 0 Å². The van der Waals surface area contributed by atoms with Crippen LogP contribution in [0.2, 0.25) is 0 Å². The second kappa shape index (κ2) is 6.14. The molecule has 1 aliphatic carbocycles. The minimum Gasteiger partial charge on any atom is -0.484 e. The molecular formula is C14H19F2NO. The normalized spacial score (nSPS) is 16.8. The van der Waals surface area contributed by atoms with Gasteiger partial charge in [-0.15, -0.1) is 0 Å². The number of ether oxygens (including phenoxy) is 1. The smallest absolute Gasteiger partial charge is 0.191 e. The predicted octanol–water partition coefficient (Wildman–Crippen LogP) is 3.18. The van der Waals surface area contributed by atoms with Crippen molar-refractivity contribution in [2.45, 2.75) is 44.6 Å². The fourth-order valence-electron chi connectivity index (χ4n) is 2.39. The molecule has 0 atom stereocenters. The Balaban J connectivity index is 2.11. The third kappa shape index (κ3) is 3.19. The maximum Gasteiger partial charge on any atom is 0.191 e. The Morgan fingerprint density at radius 3 is 2.28 bits per heavy atom. The lowest BCUT2D eigenvalue weighted by Crippen LogP contribution is -2.21. The zero-order chi connectivity index (χ0) is 13.0. The van der Waals surface area contributed by atoms with Crippen molar-refractivity contribution in [2.75, 3.05) is 6.54 Å². The molecule has 0 aliphatic heterocycles. The van der Waals surface area contributed by atoms with Crippen molar-refractivity contribution in [3.05, 3.63) is 29.3 Å². The summed E-state index contributed by atoms with van der Waals surface area (Å²) in [4.78, 5) is 0. The summed E-state index contributed by atoms with van der Waals surface area (Å²) in [5.41, 5.74) is 5.94. The molecule has 1 aliphatic rings. The van der Waals surface area contributed by atoms with Gasteiger partial charge in [0.25, 0.3) is 0 Å². The SMILES string of the molecule is NCCc1cc(F)c(OC2CCCCC2)c(F)c1. The summed E-state index contributed by atoms with van der Waals surface area (Å²) < 4.78 is 33.0. The molecule has 2 rings (SSSR count). The van der Waals surface area contributed by atoms with Crippen molar-refractivity contribution in [1.82, 2.24) is 0 Å². The predicted molar refractivity (Wildman–Crippen MR) is 66.6 cm³/mol. The molecule has 1 aromatic rings. The third-order valence-electron chi connectivity index (χ3n) is 3.33. The largest absolute Gasteiger partial charge is 0.484 e. The van der Waals surface area contributed by atoms with Crippen molar-refractivity contribution in [3.8, 4) is 5.75 Å². The zero-order valence-corrected chi connectivity index (χ0v) is 10.4. The van der Waals surface area contributed by atoms with E-state index in [-0.39, 0.29) is 11.9 Å². The molecule has 0 bridgehead atoms. The topological polar surface area (TPSA) is 35.2 Å². The van der Waals surface area contributed by atoms with Crippen molar-refractivity contribution in [3.63, 3.8) is 0 Å². The monoisotopic (exact) mass is 255 g/mol. The number of rotatable bonds is 4. The summed E-state index contributed by atoms with van der Waals surface area (Å²) in [5.74, 6) is -1.48. The van der Waals surface area contributed by atoms with Crippen molar-refractivity contribution in [2.24, 2.45) is 5.73 Å². The van der Waals surface area contributed by atoms with E-state index in [9.17, 15) is 8.78 Å². The highest BCUT2D eigenvalue weighted by Crippen LogP contribution is 2.28. The van der Waals surface area contributed by atoms with Crippen molar-refractivity contribution in [1.29, 1.82) is 0 Å². The van der Waals surface area contributed by atoms with Gasteiger partial charge in [0.15, 0.2) is 17.4 Å². The first-order chi connectivity index (χ1) is 8.70. The van der Waals surface area contributed by atoms with Crippen LogP contribution in [0.3, 0.4) is 0 Å². The molecule has 1 saturated carbocycles. The van der Waals surface area contributed by atoms with Crippen molar-refractivity contribution >= 4 is 0 Å². The van der Waals surface area contributed by atoms with Gasteiger partial charge in [-0.05, 0) is 56.3 Å². The van der Waals surface area contributed by atoms with E-state index in [0.717, 1.165) is 25.7 Å². The third-order valence-corrected chi connectivity index (χ3v) is 3.33. The average molecular weight is 255 g/mol. The highest BCUT2D eigenvalue weighted by Gasteiger charge is 2.20. The van der Waals surface area contributed by atoms with Crippen LogP contribution in [0.25, 0.3) is 0 Å². The molecule has 18 heavy (non-hydrogen) atoms. The molecule has 0 radical (unpaired) electrons. The Bertz CT molecular complexity index is 380. The zero-order valence-electron chi connectivity index (χ0n) is 10.4. The second-order valence-corrected chi connectivity index (χ2v) is 4.81. The number of halogens is 2. The summed E-state index contributed by atoms with van der Waals surface area (Å²) in [5, 5.41) is 0. The average Bonchev–Trinajstić information content (AvgIpc) is 2.36. The molecule has 0 amide bonds. The van der Waals surface area contributed by atoms with E-state index in [4.69, 9.17) is 10.5 Å². The van der Waals surface area contributed by atoms with E-state index in [0.29, 0.717) is 18.5 Å². The number of hydrogen-bond donors (Lipinski definition) is 1. The van der Waals surface area contributed by atoms with Gasteiger partial charge in [-0.1, -0.05) is 6.42 Å². The molecule has 0 aromatic heterocycles. The van der Waals surface area contributed by atoms with Gasteiger partial charge in [-0.2, -0.15) is 0 Å². The van der Waals surface area contributed by atoms with Crippen LogP contribution >= 0.6 is 0 Å². The molecule has 2 N–H and O–H groups in total. The summed E-state index contributed by atoms with van der Waals surface area (Å²) in [6.07, 6.45) is 5.49. The van der Waals surface area contributed by atoms with E-state index in [2.05, 4.69) is 0 Å². The molecule has 0 heterocycles. The molecule has 2 nitrogen and oxygen atoms in total. The fraction of sp³-hybridized carbons (Fsp3) is 0.571. The Morgan fingerprint density at radius 1 is 1.11 bits per heavy atom. The van der Waals surface area contributed by atoms with Gasteiger partial charge in [0, 0.05) is 0 Å². The summed E-state index contributed by atoms with van der Waals surface area (Å²) in [7, 11) is 0. The Labute approximate surface area is 106 Å². The van der Waals surface area contributed by atoms with E-state index >= 15 is 0 Å². The summed E-state index contributed by atoms with van der Waals surface area (Å²) >= 11 is 0. The maximum atomic E-state index is 13.8. The standard InChI is InChI=1S/C14H19F2NO/c15-12-8-10(6-7-17)9-13(16)14(12)18-11-4-2-1-3-5-11/h8-9,11H,1-7,17H2. The van der Waals surface area contributed by atoms with Crippen molar-refractivity contribution < 1.29 is 13.5 Å². The van der Waals surface area contributed by atoms with Crippen LogP contribution in [-0.2, 0) is 6.42 Å². The van der Waals surface area contributed by atoms with Gasteiger partial charge in [0.2, 0.25) is 0 Å². The lowest BCUT2D eigenvalue weighted by molar-refractivity contribution is 0.142. The van der Waals surface area contributed by atoms with Crippen LogP contribution in [0, 0.1) is 11.6 Å². The van der Waals surface area contributed by atoms with E-state index in [1.807, 2.05) is 0 Å². The van der Waals surface area contributed by atoms with Gasteiger partial charge in [-0.25, -0.2) is 8.78 Å².